The van der Waals surface area contributed by atoms with Gasteiger partial charge in [-0.1, -0.05) is 49.4 Å². The van der Waals surface area contributed by atoms with Crippen molar-refractivity contribution in [1.29, 1.82) is 0 Å². The quantitative estimate of drug-likeness (QED) is 0.763. The molecule has 0 radical (unpaired) electrons. The number of benzene rings is 2. The topological polar surface area (TPSA) is 20.2 Å². The third kappa shape index (κ3) is 1.51. The maximum absolute atomic E-state index is 9.83. The lowest BCUT2D eigenvalue weighted by molar-refractivity contribution is 0.175. The second kappa shape index (κ2) is 3.81. The van der Waals surface area contributed by atoms with Gasteiger partial charge in [0.25, 0.3) is 0 Å². The van der Waals surface area contributed by atoms with E-state index in [-0.39, 0.29) is 6.10 Å². The molecule has 72 valence electrons. The van der Waals surface area contributed by atoms with Crippen LogP contribution < -0.4 is 0 Å². The fraction of sp³-hybridized carbons (Fsp3) is 0.231. The van der Waals surface area contributed by atoms with Gasteiger partial charge in [-0.3, -0.25) is 0 Å². The molecule has 0 aromatic heterocycles. The Bertz CT molecular complexity index is 429. The van der Waals surface area contributed by atoms with Gasteiger partial charge in [0.15, 0.2) is 0 Å². The molecule has 0 fully saturated rings. The van der Waals surface area contributed by atoms with Gasteiger partial charge >= 0.3 is 0 Å². The molecule has 0 aliphatic heterocycles. The molecule has 0 heterocycles. The molecule has 1 heteroatoms. The Labute approximate surface area is 84.0 Å². The number of rotatable bonds is 2. The fourth-order valence-corrected chi connectivity index (χ4v) is 1.76. The number of hydrogen-bond acceptors (Lipinski definition) is 1. The van der Waals surface area contributed by atoms with Gasteiger partial charge in [0.1, 0.15) is 0 Å². The molecular weight excluding hydrogens is 172 g/mol. The zero-order valence-corrected chi connectivity index (χ0v) is 8.27. The molecule has 1 atom stereocenters. The predicted molar refractivity (Wildman–Crippen MR) is 59.2 cm³/mol. The van der Waals surface area contributed by atoms with Crippen molar-refractivity contribution in [3.63, 3.8) is 0 Å². The van der Waals surface area contributed by atoms with Crippen LogP contribution in [0.4, 0.5) is 0 Å². The van der Waals surface area contributed by atoms with Crippen LogP contribution in [-0.4, -0.2) is 5.11 Å². The summed E-state index contributed by atoms with van der Waals surface area (Å²) in [6, 6.07) is 14.2. The lowest BCUT2D eigenvalue weighted by Crippen LogP contribution is -1.95. The van der Waals surface area contributed by atoms with Crippen molar-refractivity contribution >= 4 is 10.8 Å². The van der Waals surface area contributed by atoms with Crippen LogP contribution in [0.2, 0.25) is 0 Å². The number of hydrogen-bond donors (Lipinski definition) is 1. The van der Waals surface area contributed by atoms with Gasteiger partial charge in [-0.2, -0.15) is 0 Å². The Hall–Kier alpha value is -1.34. The predicted octanol–water partition coefficient (Wildman–Crippen LogP) is 3.28. The molecule has 0 amide bonds. The maximum Gasteiger partial charge on any atom is 0.0793 e. The first-order valence-corrected chi connectivity index (χ1v) is 4.98. The van der Waals surface area contributed by atoms with E-state index in [9.17, 15) is 5.11 Å². The summed E-state index contributed by atoms with van der Waals surface area (Å²) in [5, 5.41) is 12.2. The SMILES string of the molecule is CCC(O)c1cccc2ccccc12. The summed E-state index contributed by atoms with van der Waals surface area (Å²) < 4.78 is 0. The van der Waals surface area contributed by atoms with Crippen molar-refractivity contribution < 1.29 is 5.11 Å². The molecule has 1 unspecified atom stereocenters. The van der Waals surface area contributed by atoms with Crippen LogP contribution in [0.15, 0.2) is 42.5 Å². The second-order valence-corrected chi connectivity index (χ2v) is 3.49. The molecule has 0 saturated carbocycles. The molecule has 0 bridgehead atoms. The Morgan fingerprint density at radius 1 is 1.07 bits per heavy atom. The van der Waals surface area contributed by atoms with Gasteiger partial charge in [0.2, 0.25) is 0 Å². The number of aliphatic hydroxyl groups is 1. The van der Waals surface area contributed by atoms with E-state index in [4.69, 9.17) is 0 Å². The van der Waals surface area contributed by atoms with Crippen LogP contribution in [0.5, 0.6) is 0 Å². The summed E-state index contributed by atoms with van der Waals surface area (Å²) in [4.78, 5) is 0. The van der Waals surface area contributed by atoms with E-state index in [1.165, 1.54) is 5.39 Å². The van der Waals surface area contributed by atoms with E-state index in [0.717, 1.165) is 17.4 Å². The van der Waals surface area contributed by atoms with Gasteiger partial charge < -0.3 is 5.11 Å². The largest absolute Gasteiger partial charge is 0.388 e. The molecule has 2 rings (SSSR count). The average Bonchev–Trinajstić information content (AvgIpc) is 2.27. The van der Waals surface area contributed by atoms with Crippen LogP contribution in [0.1, 0.15) is 25.0 Å². The smallest absolute Gasteiger partial charge is 0.0793 e. The van der Waals surface area contributed by atoms with Crippen LogP contribution in [-0.2, 0) is 0 Å². The Kier molecular flexibility index (Phi) is 2.51. The van der Waals surface area contributed by atoms with E-state index < -0.39 is 0 Å². The summed E-state index contributed by atoms with van der Waals surface area (Å²) in [5.41, 5.74) is 1.03. The molecule has 1 N–H and O–H groups in total. The van der Waals surface area contributed by atoms with Crippen molar-refractivity contribution in [3.8, 4) is 0 Å². The van der Waals surface area contributed by atoms with E-state index in [2.05, 4.69) is 18.2 Å². The van der Waals surface area contributed by atoms with E-state index in [0.29, 0.717) is 0 Å². The van der Waals surface area contributed by atoms with Crippen molar-refractivity contribution in [2.45, 2.75) is 19.4 Å². The molecule has 2 aromatic rings. The summed E-state index contributed by atoms with van der Waals surface area (Å²) in [5.74, 6) is 0. The van der Waals surface area contributed by atoms with Crippen molar-refractivity contribution in [1.82, 2.24) is 0 Å². The number of fused-ring (bicyclic) bond motifs is 1. The first kappa shape index (κ1) is 9.22. The summed E-state index contributed by atoms with van der Waals surface area (Å²) in [6.45, 7) is 1.99. The minimum atomic E-state index is -0.346. The van der Waals surface area contributed by atoms with Crippen LogP contribution in [0, 0.1) is 0 Å². The highest BCUT2D eigenvalue weighted by molar-refractivity contribution is 5.85. The second-order valence-electron chi connectivity index (χ2n) is 3.49. The van der Waals surface area contributed by atoms with E-state index in [1.54, 1.807) is 0 Å². The Balaban J connectivity index is 2.65. The zero-order chi connectivity index (χ0) is 9.97. The summed E-state index contributed by atoms with van der Waals surface area (Å²) in [7, 11) is 0. The van der Waals surface area contributed by atoms with Gasteiger partial charge in [-0.25, -0.2) is 0 Å². The van der Waals surface area contributed by atoms with Crippen LogP contribution in [0.25, 0.3) is 10.8 Å². The van der Waals surface area contributed by atoms with Gasteiger partial charge in [-0.15, -0.1) is 0 Å². The molecule has 0 saturated heterocycles. The van der Waals surface area contributed by atoms with E-state index >= 15 is 0 Å². The summed E-state index contributed by atoms with van der Waals surface area (Å²) >= 11 is 0. The molecule has 0 spiro atoms. The lowest BCUT2D eigenvalue weighted by atomic mass is 9.99. The molecule has 1 nitrogen and oxygen atoms in total. The summed E-state index contributed by atoms with van der Waals surface area (Å²) in [6.07, 6.45) is 0.412. The van der Waals surface area contributed by atoms with Crippen molar-refractivity contribution in [2.75, 3.05) is 0 Å². The zero-order valence-electron chi connectivity index (χ0n) is 8.27. The van der Waals surface area contributed by atoms with Gasteiger partial charge in [-0.05, 0) is 22.8 Å². The standard InChI is InChI=1S/C13H14O/c1-2-13(14)12-9-5-7-10-6-3-4-8-11(10)12/h3-9,13-14H,2H2,1H3. The minimum absolute atomic E-state index is 0.346. The van der Waals surface area contributed by atoms with E-state index in [1.807, 2.05) is 31.2 Å². The highest BCUT2D eigenvalue weighted by Crippen LogP contribution is 2.25. The minimum Gasteiger partial charge on any atom is -0.388 e. The van der Waals surface area contributed by atoms with Crippen LogP contribution >= 0.6 is 0 Å². The van der Waals surface area contributed by atoms with Crippen LogP contribution in [0.3, 0.4) is 0 Å². The Morgan fingerprint density at radius 2 is 1.79 bits per heavy atom. The molecular formula is C13H14O. The Morgan fingerprint density at radius 3 is 2.57 bits per heavy atom. The first-order chi connectivity index (χ1) is 6.83. The monoisotopic (exact) mass is 186 g/mol. The van der Waals surface area contributed by atoms with Crippen molar-refractivity contribution in [3.05, 3.63) is 48.0 Å². The average molecular weight is 186 g/mol. The third-order valence-corrected chi connectivity index (χ3v) is 2.57. The molecule has 0 aliphatic carbocycles. The third-order valence-electron chi connectivity index (χ3n) is 2.57. The number of aliphatic hydroxyl groups excluding tert-OH is 1. The van der Waals surface area contributed by atoms with Crippen molar-refractivity contribution in [2.24, 2.45) is 0 Å². The molecule has 14 heavy (non-hydrogen) atoms. The highest BCUT2D eigenvalue weighted by Gasteiger charge is 2.07. The van der Waals surface area contributed by atoms with Gasteiger partial charge in [0.05, 0.1) is 6.10 Å². The molecule has 2 aromatic carbocycles. The molecule has 0 aliphatic rings. The first-order valence-electron chi connectivity index (χ1n) is 4.98. The maximum atomic E-state index is 9.83. The fourth-order valence-electron chi connectivity index (χ4n) is 1.76. The normalized spacial score (nSPS) is 13.0. The van der Waals surface area contributed by atoms with Gasteiger partial charge in [0, 0.05) is 0 Å². The lowest BCUT2D eigenvalue weighted by Gasteiger charge is -2.11. The highest BCUT2D eigenvalue weighted by atomic mass is 16.3.